The zero-order valence-electron chi connectivity index (χ0n) is 10.6. The number of halogens is 6. The minimum absolute atomic E-state index is 0.120. The van der Waals surface area contributed by atoms with Gasteiger partial charge in [-0.15, -0.1) is 0 Å². The van der Waals surface area contributed by atoms with Crippen LogP contribution in [-0.2, 0) is 0 Å². The Labute approximate surface area is 111 Å². The molecule has 0 spiro atoms. The van der Waals surface area contributed by atoms with Crippen molar-refractivity contribution >= 4 is 5.69 Å². The van der Waals surface area contributed by atoms with Crippen molar-refractivity contribution in [2.75, 3.05) is 5.73 Å². The number of hydrogen-bond donors (Lipinski definition) is 1. The minimum Gasteiger partial charge on any atom is -0.428 e. The third kappa shape index (κ3) is 3.10. The largest absolute Gasteiger partial charge is 0.470 e. The maximum Gasteiger partial charge on any atom is 0.470 e. The van der Waals surface area contributed by atoms with Crippen molar-refractivity contribution in [1.82, 2.24) is 0 Å². The van der Waals surface area contributed by atoms with Crippen LogP contribution in [0.15, 0.2) is 18.2 Å². The topological polar surface area (TPSA) is 35.2 Å². The summed E-state index contributed by atoms with van der Waals surface area (Å²) >= 11 is 0. The molecule has 20 heavy (non-hydrogen) atoms. The first-order valence-electron chi connectivity index (χ1n) is 5.61. The Morgan fingerprint density at radius 3 is 2.10 bits per heavy atom. The molecule has 8 heteroatoms. The van der Waals surface area contributed by atoms with Gasteiger partial charge in [0.2, 0.25) is 0 Å². The van der Waals surface area contributed by atoms with Crippen LogP contribution < -0.4 is 10.5 Å². The third-order valence-corrected chi connectivity index (χ3v) is 2.56. The summed E-state index contributed by atoms with van der Waals surface area (Å²) in [4.78, 5) is 0. The Balaban J connectivity index is 3.16. The van der Waals surface area contributed by atoms with Crippen LogP contribution in [-0.4, -0.2) is 18.5 Å². The molecule has 0 heterocycles. The lowest BCUT2D eigenvalue weighted by Crippen LogP contribution is -2.50. The maximum atomic E-state index is 13.2. The molecule has 0 saturated carbocycles. The first kappa shape index (κ1) is 16.5. The van der Waals surface area contributed by atoms with Crippen LogP contribution in [0.4, 0.5) is 32.0 Å². The molecule has 0 fully saturated rings. The van der Waals surface area contributed by atoms with E-state index in [0.717, 1.165) is 12.1 Å². The predicted molar refractivity (Wildman–Crippen MR) is 61.5 cm³/mol. The Hall–Kier alpha value is -1.60. The molecule has 0 amide bonds. The van der Waals surface area contributed by atoms with Crippen LogP contribution in [0.5, 0.6) is 5.75 Å². The van der Waals surface area contributed by atoms with E-state index < -0.39 is 24.2 Å². The normalized spacial score (nSPS) is 13.1. The van der Waals surface area contributed by atoms with E-state index in [1.807, 2.05) is 0 Å². The molecule has 2 nitrogen and oxygen atoms in total. The van der Waals surface area contributed by atoms with E-state index in [-0.39, 0.29) is 17.2 Å². The lowest BCUT2D eigenvalue weighted by Gasteiger charge is -2.27. The van der Waals surface area contributed by atoms with Gasteiger partial charge in [0.1, 0.15) is 5.75 Å². The van der Waals surface area contributed by atoms with Crippen LogP contribution >= 0.6 is 0 Å². The van der Waals surface area contributed by atoms with Gasteiger partial charge in [-0.05, 0) is 29.7 Å². The van der Waals surface area contributed by atoms with E-state index >= 15 is 0 Å². The maximum absolute atomic E-state index is 13.2. The lowest BCUT2D eigenvalue weighted by molar-refractivity contribution is -0.342. The van der Waals surface area contributed by atoms with Crippen molar-refractivity contribution in [2.24, 2.45) is 0 Å². The van der Waals surface area contributed by atoms with Gasteiger partial charge >= 0.3 is 18.5 Å². The first-order chi connectivity index (χ1) is 8.99. The highest BCUT2D eigenvalue weighted by molar-refractivity contribution is 5.49. The van der Waals surface area contributed by atoms with Crippen LogP contribution in [0.25, 0.3) is 0 Å². The summed E-state index contributed by atoms with van der Waals surface area (Å²) in [5.74, 6) is -6.58. The van der Waals surface area contributed by atoms with Gasteiger partial charge in [-0.3, -0.25) is 0 Å². The first-order valence-corrected chi connectivity index (χ1v) is 5.61. The summed E-state index contributed by atoms with van der Waals surface area (Å²) in [6.45, 7) is 3.18. The second-order valence-corrected chi connectivity index (χ2v) is 4.49. The molecule has 0 atom stereocenters. The standard InChI is InChI=1S/C12H13F6NO/c1-6(2)8-5-7(19)3-4-9(8)20-12(17,18)11(15,16)10(13)14/h3-6,10H,19H2,1-2H3. The average Bonchev–Trinajstić information content (AvgIpc) is 2.30. The number of benzene rings is 1. The molecule has 1 aromatic rings. The molecular weight excluding hydrogens is 288 g/mol. The second kappa shape index (κ2) is 5.41. The molecule has 1 aromatic carbocycles. The predicted octanol–water partition coefficient (Wildman–Crippen LogP) is 4.26. The minimum atomic E-state index is -5.59. The number of anilines is 1. The van der Waals surface area contributed by atoms with Crippen LogP contribution in [0, 0.1) is 0 Å². The summed E-state index contributed by atoms with van der Waals surface area (Å²) in [5.41, 5.74) is 5.78. The molecule has 0 aliphatic heterocycles. The highest BCUT2D eigenvalue weighted by Gasteiger charge is 2.66. The molecule has 0 aliphatic rings. The molecule has 0 saturated heterocycles. The Bertz CT molecular complexity index is 475. The van der Waals surface area contributed by atoms with Crippen LogP contribution in [0.1, 0.15) is 25.3 Å². The highest BCUT2D eigenvalue weighted by Crippen LogP contribution is 2.42. The van der Waals surface area contributed by atoms with Crippen molar-refractivity contribution in [3.05, 3.63) is 23.8 Å². The van der Waals surface area contributed by atoms with Crippen molar-refractivity contribution in [2.45, 2.75) is 38.2 Å². The quantitative estimate of drug-likeness (QED) is 0.651. The van der Waals surface area contributed by atoms with Gasteiger partial charge < -0.3 is 10.5 Å². The number of nitrogens with two attached hydrogens (primary N) is 1. The van der Waals surface area contributed by atoms with Gasteiger partial charge in [-0.1, -0.05) is 13.8 Å². The van der Waals surface area contributed by atoms with E-state index in [1.54, 1.807) is 13.8 Å². The fraction of sp³-hybridized carbons (Fsp3) is 0.500. The lowest BCUT2D eigenvalue weighted by atomic mass is 10.0. The summed E-state index contributed by atoms with van der Waals surface area (Å²) in [6.07, 6.45) is -9.88. The van der Waals surface area contributed by atoms with Crippen molar-refractivity contribution in [1.29, 1.82) is 0 Å². The number of ether oxygens (including phenoxy) is 1. The zero-order valence-corrected chi connectivity index (χ0v) is 10.6. The molecule has 1 rings (SSSR count). The van der Waals surface area contributed by atoms with E-state index in [4.69, 9.17) is 5.73 Å². The van der Waals surface area contributed by atoms with Crippen LogP contribution in [0.3, 0.4) is 0 Å². The van der Waals surface area contributed by atoms with E-state index in [1.165, 1.54) is 6.07 Å². The molecule has 0 radical (unpaired) electrons. The Morgan fingerprint density at radius 1 is 1.10 bits per heavy atom. The van der Waals surface area contributed by atoms with E-state index in [2.05, 4.69) is 4.74 Å². The molecular formula is C12H13F6NO. The van der Waals surface area contributed by atoms with Crippen LogP contribution in [0.2, 0.25) is 0 Å². The van der Waals surface area contributed by atoms with Gasteiger partial charge in [0.05, 0.1) is 0 Å². The summed E-state index contributed by atoms with van der Waals surface area (Å²) < 4.78 is 79.8. The number of rotatable bonds is 5. The summed E-state index contributed by atoms with van der Waals surface area (Å²) in [6, 6.07) is 3.36. The van der Waals surface area contributed by atoms with Gasteiger partial charge in [0, 0.05) is 5.69 Å². The van der Waals surface area contributed by atoms with Gasteiger partial charge in [0.25, 0.3) is 0 Å². The summed E-state index contributed by atoms with van der Waals surface area (Å²) in [7, 11) is 0. The highest BCUT2D eigenvalue weighted by atomic mass is 19.3. The fourth-order valence-corrected chi connectivity index (χ4v) is 1.44. The molecule has 0 bridgehead atoms. The zero-order chi connectivity index (χ0) is 15.7. The molecule has 114 valence electrons. The molecule has 0 aliphatic carbocycles. The van der Waals surface area contributed by atoms with Crippen molar-refractivity contribution < 1.29 is 31.1 Å². The second-order valence-electron chi connectivity index (χ2n) is 4.49. The molecule has 0 aromatic heterocycles. The molecule has 2 N–H and O–H groups in total. The number of alkyl halides is 6. The molecule has 0 unspecified atom stereocenters. The fourth-order valence-electron chi connectivity index (χ4n) is 1.44. The van der Waals surface area contributed by atoms with Gasteiger partial charge in [-0.2, -0.15) is 17.6 Å². The summed E-state index contributed by atoms with van der Waals surface area (Å²) in [5, 5.41) is 0. The van der Waals surface area contributed by atoms with E-state index in [9.17, 15) is 26.3 Å². The SMILES string of the molecule is CC(C)c1cc(N)ccc1OC(F)(F)C(F)(F)C(F)F. The Kier molecular flexibility index (Phi) is 4.45. The average molecular weight is 301 g/mol. The van der Waals surface area contributed by atoms with E-state index in [0.29, 0.717) is 0 Å². The Morgan fingerprint density at radius 2 is 1.65 bits per heavy atom. The van der Waals surface area contributed by atoms with Crippen molar-refractivity contribution in [3.63, 3.8) is 0 Å². The monoisotopic (exact) mass is 301 g/mol. The van der Waals surface area contributed by atoms with Gasteiger partial charge in [0.15, 0.2) is 0 Å². The smallest absolute Gasteiger partial charge is 0.428 e. The van der Waals surface area contributed by atoms with Gasteiger partial charge in [-0.25, -0.2) is 8.78 Å². The van der Waals surface area contributed by atoms with Crippen molar-refractivity contribution in [3.8, 4) is 5.75 Å². The number of nitrogen functional groups attached to an aromatic ring is 1. The number of hydrogen-bond acceptors (Lipinski definition) is 2. The third-order valence-electron chi connectivity index (χ3n) is 2.56.